The normalized spacial score (nSPS) is 11.2. The van der Waals surface area contributed by atoms with E-state index in [0.717, 1.165) is 40.1 Å². The first kappa shape index (κ1) is 13.7. The molecule has 2 aromatic heterocycles. The zero-order valence-electron chi connectivity index (χ0n) is 13.0. The number of fused-ring (bicyclic) bond motifs is 3. The Labute approximate surface area is 133 Å². The van der Waals surface area contributed by atoms with Crippen LogP contribution < -0.4 is 4.74 Å². The Morgan fingerprint density at radius 1 is 1.00 bits per heavy atom. The van der Waals surface area contributed by atoms with E-state index in [1.807, 2.05) is 53.0 Å². The smallest absolute Gasteiger partial charge is 0.182 e. The molecule has 2 aromatic carbocycles. The maximum absolute atomic E-state index is 5.20. The highest BCUT2D eigenvalue weighted by molar-refractivity contribution is 5.91. The summed E-state index contributed by atoms with van der Waals surface area (Å²) in [7, 11) is 1.66. The summed E-state index contributed by atoms with van der Waals surface area (Å²) < 4.78 is 7.05. The molecular weight excluding hydrogens is 288 g/mol. The van der Waals surface area contributed by atoms with E-state index in [1.54, 1.807) is 7.11 Å². The number of benzene rings is 2. The molecule has 23 heavy (non-hydrogen) atoms. The van der Waals surface area contributed by atoms with Gasteiger partial charge in [-0.25, -0.2) is 9.97 Å². The van der Waals surface area contributed by atoms with Crippen LogP contribution >= 0.6 is 0 Å². The van der Waals surface area contributed by atoms with Gasteiger partial charge in [-0.1, -0.05) is 19.1 Å². The molecule has 0 fully saturated rings. The van der Waals surface area contributed by atoms with Crippen molar-refractivity contribution in [3.05, 3.63) is 54.4 Å². The second-order valence-corrected chi connectivity index (χ2v) is 5.30. The van der Waals surface area contributed by atoms with Crippen molar-refractivity contribution in [3.8, 4) is 17.1 Å². The van der Waals surface area contributed by atoms with Crippen molar-refractivity contribution in [2.24, 2.45) is 0 Å². The van der Waals surface area contributed by atoms with Gasteiger partial charge in [0.05, 0.1) is 12.6 Å². The summed E-state index contributed by atoms with van der Waals surface area (Å²) in [5.74, 6) is 2.42. The van der Waals surface area contributed by atoms with Gasteiger partial charge in [-0.2, -0.15) is 4.52 Å². The first-order valence-corrected chi connectivity index (χ1v) is 7.59. The molecule has 0 aliphatic heterocycles. The third-order valence-corrected chi connectivity index (χ3v) is 3.91. The Kier molecular flexibility index (Phi) is 3.19. The topological polar surface area (TPSA) is 52.3 Å². The molecule has 0 saturated carbocycles. The average molecular weight is 304 g/mol. The largest absolute Gasteiger partial charge is 0.497 e. The minimum absolute atomic E-state index is 0.695. The van der Waals surface area contributed by atoms with E-state index in [4.69, 9.17) is 14.7 Å². The highest BCUT2D eigenvalue weighted by atomic mass is 16.5. The van der Waals surface area contributed by atoms with Gasteiger partial charge in [-0.15, -0.1) is 5.10 Å². The Hall–Kier alpha value is -2.95. The van der Waals surface area contributed by atoms with Crippen LogP contribution in [0.2, 0.25) is 0 Å². The third-order valence-electron chi connectivity index (χ3n) is 3.91. The molecule has 5 heteroatoms. The van der Waals surface area contributed by atoms with Crippen LogP contribution in [0.5, 0.6) is 5.75 Å². The lowest BCUT2D eigenvalue weighted by atomic mass is 10.2. The van der Waals surface area contributed by atoms with Crippen molar-refractivity contribution in [1.29, 1.82) is 0 Å². The molecule has 0 radical (unpaired) electrons. The lowest BCUT2D eigenvalue weighted by Gasteiger charge is -2.03. The van der Waals surface area contributed by atoms with Crippen LogP contribution in [0.15, 0.2) is 48.5 Å². The zero-order valence-corrected chi connectivity index (χ0v) is 13.0. The molecule has 2 heterocycles. The quantitative estimate of drug-likeness (QED) is 0.581. The molecule has 0 aliphatic carbocycles. The van der Waals surface area contributed by atoms with Gasteiger partial charge in [0.15, 0.2) is 11.5 Å². The van der Waals surface area contributed by atoms with Crippen molar-refractivity contribution in [2.45, 2.75) is 13.3 Å². The highest BCUT2D eigenvalue weighted by Crippen LogP contribution is 2.24. The molecule has 4 rings (SSSR count). The Morgan fingerprint density at radius 2 is 1.78 bits per heavy atom. The van der Waals surface area contributed by atoms with E-state index in [0.29, 0.717) is 5.82 Å². The molecular formula is C18H16N4O. The minimum Gasteiger partial charge on any atom is -0.497 e. The van der Waals surface area contributed by atoms with E-state index in [-0.39, 0.29) is 0 Å². The summed E-state index contributed by atoms with van der Waals surface area (Å²) in [6, 6.07) is 15.8. The minimum atomic E-state index is 0.695. The number of methoxy groups -OCH3 is 1. The fraction of sp³-hybridized carbons (Fsp3) is 0.167. The molecule has 0 N–H and O–H groups in total. The van der Waals surface area contributed by atoms with Gasteiger partial charge >= 0.3 is 0 Å². The third kappa shape index (κ3) is 2.21. The maximum atomic E-state index is 5.20. The number of hydrogen-bond donors (Lipinski definition) is 0. The first-order valence-electron chi connectivity index (χ1n) is 7.59. The van der Waals surface area contributed by atoms with Crippen molar-refractivity contribution < 1.29 is 4.74 Å². The number of para-hydroxylation sites is 1. The van der Waals surface area contributed by atoms with E-state index in [2.05, 4.69) is 12.0 Å². The molecule has 114 valence electrons. The summed E-state index contributed by atoms with van der Waals surface area (Å²) in [5, 5.41) is 5.67. The van der Waals surface area contributed by atoms with Gasteiger partial charge in [0.25, 0.3) is 0 Å². The summed E-state index contributed by atoms with van der Waals surface area (Å²) >= 11 is 0. The van der Waals surface area contributed by atoms with Crippen LogP contribution in [-0.4, -0.2) is 26.7 Å². The molecule has 5 nitrogen and oxygen atoms in total. The van der Waals surface area contributed by atoms with Crippen LogP contribution in [0.1, 0.15) is 12.7 Å². The molecule has 0 bridgehead atoms. The number of aryl methyl sites for hydroxylation is 1. The fourth-order valence-electron chi connectivity index (χ4n) is 2.70. The number of ether oxygens (including phenoxy) is 1. The van der Waals surface area contributed by atoms with Crippen LogP contribution in [0.25, 0.3) is 27.9 Å². The van der Waals surface area contributed by atoms with E-state index >= 15 is 0 Å². The average Bonchev–Trinajstić information content (AvgIpc) is 3.06. The van der Waals surface area contributed by atoms with Gasteiger partial charge in [0.1, 0.15) is 11.6 Å². The standard InChI is InChI=1S/C18H16N4O/c1-3-16-19-15-7-5-4-6-14(15)18-20-17(21-22(16)18)12-8-10-13(23-2)11-9-12/h4-11H,3H2,1-2H3. The first-order chi connectivity index (χ1) is 11.3. The SMILES string of the molecule is CCc1nc2ccccc2c2nc(-c3ccc(OC)cc3)nn12. The summed E-state index contributed by atoms with van der Waals surface area (Å²) in [4.78, 5) is 9.44. The molecule has 0 amide bonds. The van der Waals surface area contributed by atoms with Crippen LogP contribution in [0.3, 0.4) is 0 Å². The number of rotatable bonds is 3. The van der Waals surface area contributed by atoms with E-state index in [1.165, 1.54) is 0 Å². The zero-order chi connectivity index (χ0) is 15.8. The van der Waals surface area contributed by atoms with Gasteiger partial charge < -0.3 is 4.74 Å². The molecule has 4 aromatic rings. The predicted molar refractivity (Wildman–Crippen MR) is 89.7 cm³/mol. The van der Waals surface area contributed by atoms with Crippen molar-refractivity contribution >= 4 is 16.6 Å². The van der Waals surface area contributed by atoms with Gasteiger partial charge in [0, 0.05) is 17.4 Å². The number of aromatic nitrogens is 4. The summed E-state index contributed by atoms with van der Waals surface area (Å²) in [5.41, 5.74) is 2.75. The van der Waals surface area contributed by atoms with Gasteiger partial charge in [-0.05, 0) is 36.4 Å². The van der Waals surface area contributed by atoms with Crippen molar-refractivity contribution in [1.82, 2.24) is 19.6 Å². The molecule has 0 aliphatic rings. The lowest BCUT2D eigenvalue weighted by Crippen LogP contribution is -2.02. The van der Waals surface area contributed by atoms with Crippen LogP contribution in [-0.2, 0) is 6.42 Å². The Balaban J connectivity index is 1.97. The lowest BCUT2D eigenvalue weighted by molar-refractivity contribution is 0.415. The molecule has 0 unspecified atom stereocenters. The van der Waals surface area contributed by atoms with E-state index < -0.39 is 0 Å². The summed E-state index contributed by atoms with van der Waals surface area (Å²) in [6.45, 7) is 2.07. The van der Waals surface area contributed by atoms with Crippen LogP contribution in [0.4, 0.5) is 0 Å². The number of hydrogen-bond acceptors (Lipinski definition) is 4. The number of nitrogens with zero attached hydrogens (tertiary/aromatic N) is 4. The fourth-order valence-corrected chi connectivity index (χ4v) is 2.70. The van der Waals surface area contributed by atoms with Crippen molar-refractivity contribution in [2.75, 3.05) is 7.11 Å². The van der Waals surface area contributed by atoms with Gasteiger partial charge in [-0.3, -0.25) is 0 Å². The molecule has 0 spiro atoms. The Morgan fingerprint density at radius 3 is 2.52 bits per heavy atom. The summed E-state index contributed by atoms with van der Waals surface area (Å²) in [6.07, 6.45) is 0.798. The van der Waals surface area contributed by atoms with Crippen molar-refractivity contribution in [3.63, 3.8) is 0 Å². The van der Waals surface area contributed by atoms with Crippen LogP contribution in [0, 0.1) is 0 Å². The highest BCUT2D eigenvalue weighted by Gasteiger charge is 2.13. The predicted octanol–water partition coefficient (Wildman–Crippen LogP) is 3.52. The second-order valence-electron chi connectivity index (χ2n) is 5.30. The molecule has 0 saturated heterocycles. The van der Waals surface area contributed by atoms with Gasteiger partial charge in [0.2, 0.25) is 0 Å². The second kappa shape index (κ2) is 5.35. The maximum Gasteiger partial charge on any atom is 0.182 e. The van der Waals surface area contributed by atoms with E-state index in [9.17, 15) is 0 Å². The monoisotopic (exact) mass is 304 g/mol. The molecule has 0 atom stereocenters. The Bertz CT molecular complexity index is 989.